The summed E-state index contributed by atoms with van der Waals surface area (Å²) < 4.78 is 0. The fourth-order valence-corrected chi connectivity index (χ4v) is 3.84. The highest BCUT2D eigenvalue weighted by atomic mass is 14.7. The number of H-pyrrole nitrogens is 1. The van der Waals surface area contributed by atoms with Crippen LogP contribution in [0.4, 0.5) is 0 Å². The van der Waals surface area contributed by atoms with E-state index in [0.29, 0.717) is 0 Å². The Hall–Kier alpha value is -3.13. The minimum atomic E-state index is 0.795. The Bertz CT molecular complexity index is 1160. The van der Waals surface area contributed by atoms with Gasteiger partial charge in [-0.05, 0) is 72.7 Å². The summed E-state index contributed by atoms with van der Waals surface area (Å²) in [5.41, 5.74) is 10.00. The van der Waals surface area contributed by atoms with Gasteiger partial charge in [0.15, 0.2) is 0 Å². The van der Waals surface area contributed by atoms with Gasteiger partial charge in [0.05, 0.1) is 0 Å². The van der Waals surface area contributed by atoms with E-state index < -0.39 is 0 Å². The fourth-order valence-electron chi connectivity index (χ4n) is 3.84. The van der Waals surface area contributed by atoms with Crippen molar-refractivity contribution in [2.45, 2.75) is 33.6 Å². The first-order valence-corrected chi connectivity index (χ1v) is 10.4. The molecule has 1 heterocycles. The number of benzene rings is 3. The van der Waals surface area contributed by atoms with Crippen molar-refractivity contribution in [3.63, 3.8) is 0 Å². The Labute approximate surface area is 173 Å². The highest BCUT2D eigenvalue weighted by molar-refractivity contribution is 5.99. The van der Waals surface area contributed by atoms with Crippen LogP contribution in [0.3, 0.4) is 0 Å². The summed E-state index contributed by atoms with van der Waals surface area (Å²) in [5.74, 6) is 0. The number of nitrogens with zero attached hydrogens (tertiary/aromatic N) is 1. The van der Waals surface area contributed by atoms with Gasteiger partial charge in [-0.3, -0.25) is 4.99 Å². The van der Waals surface area contributed by atoms with E-state index in [-0.39, 0.29) is 0 Å². The number of hydrogen-bond acceptors (Lipinski definition) is 1. The van der Waals surface area contributed by atoms with Crippen LogP contribution in [0.2, 0.25) is 0 Å². The quantitative estimate of drug-likeness (QED) is 0.358. The van der Waals surface area contributed by atoms with Crippen molar-refractivity contribution in [3.05, 3.63) is 95.2 Å². The van der Waals surface area contributed by atoms with E-state index in [4.69, 9.17) is 4.99 Å². The minimum Gasteiger partial charge on any atom is -0.361 e. The third-order valence-corrected chi connectivity index (χ3v) is 5.60. The van der Waals surface area contributed by atoms with Gasteiger partial charge >= 0.3 is 0 Å². The zero-order valence-corrected chi connectivity index (χ0v) is 17.5. The first-order chi connectivity index (χ1) is 14.1. The van der Waals surface area contributed by atoms with Crippen LogP contribution in [0.25, 0.3) is 22.0 Å². The average molecular weight is 381 g/mol. The molecule has 0 aliphatic carbocycles. The molecule has 0 atom stereocenters. The molecule has 0 aliphatic rings. The predicted octanol–water partition coefficient (Wildman–Crippen LogP) is 6.76. The van der Waals surface area contributed by atoms with Gasteiger partial charge in [0.2, 0.25) is 0 Å². The number of hydrogen-bond donors (Lipinski definition) is 1. The number of aromatic nitrogens is 1. The monoisotopic (exact) mass is 380 g/mol. The Morgan fingerprint density at radius 1 is 0.931 bits per heavy atom. The molecule has 2 heteroatoms. The van der Waals surface area contributed by atoms with E-state index >= 15 is 0 Å². The molecular formula is C27H28N2. The maximum Gasteiger partial charge on any atom is 0.0456 e. The van der Waals surface area contributed by atoms with Crippen LogP contribution in [0.1, 0.15) is 36.1 Å². The van der Waals surface area contributed by atoms with Crippen molar-refractivity contribution in [2.24, 2.45) is 4.99 Å². The SMILES string of the molecule is CCc1ccc2[nH]cc(CCN=C(C)c3cccc(-c4cccc(C)c4)c3)c2c1. The van der Waals surface area contributed by atoms with E-state index in [2.05, 4.69) is 98.7 Å². The van der Waals surface area contributed by atoms with Crippen molar-refractivity contribution in [2.75, 3.05) is 6.54 Å². The molecule has 0 amide bonds. The summed E-state index contributed by atoms with van der Waals surface area (Å²) in [7, 11) is 0. The molecular weight excluding hydrogens is 352 g/mol. The van der Waals surface area contributed by atoms with Crippen LogP contribution in [-0.2, 0) is 12.8 Å². The maximum atomic E-state index is 4.87. The lowest BCUT2D eigenvalue weighted by Crippen LogP contribution is -1.98. The number of aliphatic imine (C=N–C) groups is 1. The molecule has 0 radical (unpaired) electrons. The second kappa shape index (κ2) is 8.48. The first kappa shape index (κ1) is 19.2. The van der Waals surface area contributed by atoms with Crippen LogP contribution in [0.5, 0.6) is 0 Å². The van der Waals surface area contributed by atoms with Crippen LogP contribution in [0, 0.1) is 6.92 Å². The smallest absolute Gasteiger partial charge is 0.0456 e. The molecule has 0 fully saturated rings. The zero-order chi connectivity index (χ0) is 20.2. The van der Waals surface area contributed by atoms with Gasteiger partial charge < -0.3 is 4.98 Å². The summed E-state index contributed by atoms with van der Waals surface area (Å²) in [6.45, 7) is 7.24. The molecule has 3 aromatic carbocycles. The molecule has 0 aliphatic heterocycles. The summed E-state index contributed by atoms with van der Waals surface area (Å²) in [6, 6.07) is 24.0. The minimum absolute atomic E-state index is 0.795. The molecule has 0 unspecified atom stereocenters. The predicted molar refractivity (Wildman–Crippen MR) is 125 cm³/mol. The fraction of sp³-hybridized carbons (Fsp3) is 0.222. The first-order valence-electron chi connectivity index (χ1n) is 10.4. The lowest BCUT2D eigenvalue weighted by Gasteiger charge is -2.07. The Balaban J connectivity index is 1.50. The number of fused-ring (bicyclic) bond motifs is 1. The molecule has 0 bridgehead atoms. The molecule has 4 rings (SSSR count). The van der Waals surface area contributed by atoms with E-state index in [9.17, 15) is 0 Å². The zero-order valence-electron chi connectivity index (χ0n) is 17.5. The maximum absolute atomic E-state index is 4.87. The van der Waals surface area contributed by atoms with Crippen molar-refractivity contribution < 1.29 is 0 Å². The van der Waals surface area contributed by atoms with Crippen LogP contribution in [-0.4, -0.2) is 17.2 Å². The largest absolute Gasteiger partial charge is 0.361 e. The van der Waals surface area contributed by atoms with Gasteiger partial charge in [0.1, 0.15) is 0 Å². The summed E-state index contributed by atoms with van der Waals surface area (Å²) in [4.78, 5) is 8.26. The van der Waals surface area contributed by atoms with E-state index in [1.807, 2.05) is 0 Å². The highest BCUT2D eigenvalue weighted by Crippen LogP contribution is 2.23. The van der Waals surface area contributed by atoms with Crippen molar-refractivity contribution in [3.8, 4) is 11.1 Å². The summed E-state index contributed by atoms with van der Waals surface area (Å²) in [6.07, 6.45) is 4.14. The van der Waals surface area contributed by atoms with E-state index in [1.54, 1.807) is 0 Å². The van der Waals surface area contributed by atoms with E-state index in [0.717, 1.165) is 25.1 Å². The molecule has 0 saturated heterocycles. The average Bonchev–Trinajstić information content (AvgIpc) is 3.16. The molecule has 4 aromatic rings. The summed E-state index contributed by atoms with van der Waals surface area (Å²) >= 11 is 0. The Kier molecular flexibility index (Phi) is 5.62. The standard InChI is InChI=1S/C27H28N2/c1-4-21-11-12-27-26(16-21)25(18-29-27)13-14-28-20(3)22-8-6-10-24(17-22)23-9-5-7-19(2)15-23/h5-12,15-18,29H,4,13-14H2,1-3H3. The second-order valence-electron chi connectivity index (χ2n) is 7.71. The van der Waals surface area contributed by atoms with Gasteiger partial charge in [-0.1, -0.05) is 61.0 Å². The number of nitrogens with one attached hydrogen (secondary N) is 1. The summed E-state index contributed by atoms with van der Waals surface area (Å²) in [5, 5.41) is 1.33. The Morgan fingerprint density at radius 3 is 2.52 bits per heavy atom. The van der Waals surface area contributed by atoms with Crippen LogP contribution < -0.4 is 0 Å². The molecule has 0 spiro atoms. The number of aromatic amines is 1. The second-order valence-corrected chi connectivity index (χ2v) is 7.71. The van der Waals surface area contributed by atoms with Crippen molar-refractivity contribution in [1.29, 1.82) is 0 Å². The normalized spacial score (nSPS) is 11.9. The van der Waals surface area contributed by atoms with Gasteiger partial charge in [0.25, 0.3) is 0 Å². The molecule has 0 saturated carbocycles. The lowest BCUT2D eigenvalue weighted by atomic mass is 10.00. The highest BCUT2D eigenvalue weighted by Gasteiger charge is 2.05. The molecule has 2 nitrogen and oxygen atoms in total. The van der Waals surface area contributed by atoms with Gasteiger partial charge in [0, 0.05) is 29.4 Å². The third-order valence-electron chi connectivity index (χ3n) is 5.60. The van der Waals surface area contributed by atoms with E-state index in [1.165, 1.54) is 44.3 Å². The number of rotatable bonds is 6. The van der Waals surface area contributed by atoms with Crippen LogP contribution in [0.15, 0.2) is 77.9 Å². The van der Waals surface area contributed by atoms with Crippen molar-refractivity contribution in [1.82, 2.24) is 4.98 Å². The van der Waals surface area contributed by atoms with Crippen molar-refractivity contribution >= 4 is 16.6 Å². The molecule has 146 valence electrons. The molecule has 29 heavy (non-hydrogen) atoms. The Morgan fingerprint density at radius 2 is 1.72 bits per heavy atom. The van der Waals surface area contributed by atoms with Gasteiger partial charge in [-0.15, -0.1) is 0 Å². The molecule has 1 N–H and O–H groups in total. The van der Waals surface area contributed by atoms with Crippen LogP contribution >= 0.6 is 0 Å². The molecule has 1 aromatic heterocycles. The topological polar surface area (TPSA) is 28.1 Å². The third kappa shape index (κ3) is 4.32. The van der Waals surface area contributed by atoms with Gasteiger partial charge in [-0.2, -0.15) is 0 Å². The lowest BCUT2D eigenvalue weighted by molar-refractivity contribution is 0.974. The van der Waals surface area contributed by atoms with Gasteiger partial charge in [-0.25, -0.2) is 0 Å². The number of aryl methyl sites for hydroxylation is 2.